The largest absolute Gasteiger partial charge is 0.411 e. The Labute approximate surface area is 112 Å². The summed E-state index contributed by atoms with van der Waals surface area (Å²) in [5, 5.41) is 22.6. The summed E-state index contributed by atoms with van der Waals surface area (Å²) in [6, 6.07) is 7.20. The minimum Gasteiger partial charge on any atom is -0.411 e. The first-order valence-electron chi connectivity index (χ1n) is 6.36. The highest BCUT2D eigenvalue weighted by molar-refractivity contribution is 6.09. The molecule has 19 heavy (non-hydrogen) atoms. The van der Waals surface area contributed by atoms with E-state index in [9.17, 15) is 9.90 Å². The second-order valence-corrected chi connectivity index (χ2v) is 4.85. The van der Waals surface area contributed by atoms with Gasteiger partial charge in [-0.05, 0) is 19.4 Å². The SMILES string of the molecule is CCCN1C(=O)[C@@](O)(C/C(C)=N/O)c2ccccc21. The minimum atomic E-state index is -1.62. The molecule has 1 aliphatic rings. The van der Waals surface area contributed by atoms with Gasteiger partial charge in [-0.1, -0.05) is 30.3 Å². The summed E-state index contributed by atoms with van der Waals surface area (Å²) in [6.45, 7) is 4.12. The maximum atomic E-state index is 12.5. The zero-order valence-electron chi connectivity index (χ0n) is 11.1. The molecule has 1 atom stereocenters. The second-order valence-electron chi connectivity index (χ2n) is 4.85. The van der Waals surface area contributed by atoms with Gasteiger partial charge >= 0.3 is 0 Å². The van der Waals surface area contributed by atoms with E-state index >= 15 is 0 Å². The number of benzene rings is 1. The van der Waals surface area contributed by atoms with Crippen LogP contribution in [-0.2, 0) is 10.4 Å². The fraction of sp³-hybridized carbons (Fsp3) is 0.429. The molecule has 0 bridgehead atoms. The average Bonchev–Trinajstić information content (AvgIpc) is 2.62. The molecule has 0 spiro atoms. The van der Waals surface area contributed by atoms with Crippen LogP contribution in [0.3, 0.4) is 0 Å². The predicted octanol–water partition coefficient (Wildman–Crippen LogP) is 1.87. The fourth-order valence-electron chi connectivity index (χ4n) is 2.53. The van der Waals surface area contributed by atoms with E-state index in [0.717, 1.165) is 12.1 Å². The lowest BCUT2D eigenvalue weighted by atomic mass is 9.90. The van der Waals surface area contributed by atoms with E-state index < -0.39 is 5.60 Å². The summed E-state index contributed by atoms with van der Waals surface area (Å²) in [5.41, 5.74) is 0.0188. The van der Waals surface area contributed by atoms with Crippen LogP contribution in [0, 0.1) is 0 Å². The topological polar surface area (TPSA) is 73.1 Å². The number of para-hydroxylation sites is 1. The van der Waals surface area contributed by atoms with E-state index in [1.54, 1.807) is 24.0 Å². The summed E-state index contributed by atoms with van der Waals surface area (Å²) < 4.78 is 0. The Balaban J connectivity index is 2.48. The van der Waals surface area contributed by atoms with Crippen molar-refractivity contribution in [1.29, 1.82) is 0 Å². The van der Waals surface area contributed by atoms with E-state index in [2.05, 4.69) is 5.16 Å². The van der Waals surface area contributed by atoms with Gasteiger partial charge in [0, 0.05) is 18.5 Å². The highest BCUT2D eigenvalue weighted by atomic mass is 16.4. The van der Waals surface area contributed by atoms with E-state index in [1.165, 1.54) is 0 Å². The molecule has 0 saturated carbocycles. The van der Waals surface area contributed by atoms with Gasteiger partial charge in [0.15, 0.2) is 5.60 Å². The van der Waals surface area contributed by atoms with Crippen LogP contribution in [0.4, 0.5) is 5.69 Å². The van der Waals surface area contributed by atoms with Gasteiger partial charge in [-0.3, -0.25) is 4.79 Å². The monoisotopic (exact) mass is 262 g/mol. The number of nitrogens with zero attached hydrogens (tertiary/aromatic N) is 2. The number of carbonyl (C=O) groups is 1. The average molecular weight is 262 g/mol. The van der Waals surface area contributed by atoms with E-state index in [-0.39, 0.29) is 12.3 Å². The van der Waals surface area contributed by atoms with Gasteiger partial charge in [-0.2, -0.15) is 0 Å². The van der Waals surface area contributed by atoms with Crippen LogP contribution < -0.4 is 4.90 Å². The van der Waals surface area contributed by atoms with Crippen LogP contribution >= 0.6 is 0 Å². The lowest BCUT2D eigenvalue weighted by Gasteiger charge is -2.22. The number of anilines is 1. The van der Waals surface area contributed by atoms with Crippen molar-refractivity contribution < 1.29 is 15.1 Å². The maximum Gasteiger partial charge on any atom is 0.264 e. The molecule has 1 heterocycles. The molecule has 0 aromatic heterocycles. The zero-order chi connectivity index (χ0) is 14.0. The van der Waals surface area contributed by atoms with Crippen LogP contribution in [-0.4, -0.2) is 28.5 Å². The number of hydrogen-bond donors (Lipinski definition) is 2. The standard InChI is InChI=1S/C14H18N2O3/c1-3-8-16-12-7-5-4-6-11(12)14(18,13(16)17)9-10(2)15-19/h4-7,18-19H,3,8-9H2,1-2H3/b15-10+/t14-/m1/s1. The Bertz CT molecular complexity index is 527. The van der Waals surface area contributed by atoms with Crippen molar-refractivity contribution in [2.45, 2.75) is 32.3 Å². The predicted molar refractivity (Wildman–Crippen MR) is 72.5 cm³/mol. The molecule has 2 rings (SSSR count). The van der Waals surface area contributed by atoms with Crippen LogP contribution in [0.15, 0.2) is 29.4 Å². The molecule has 0 saturated heterocycles. The molecular formula is C14H18N2O3. The van der Waals surface area contributed by atoms with Gasteiger partial charge in [0.05, 0.1) is 11.4 Å². The molecule has 1 aliphatic heterocycles. The van der Waals surface area contributed by atoms with Crippen molar-refractivity contribution in [2.75, 3.05) is 11.4 Å². The van der Waals surface area contributed by atoms with Crippen molar-refractivity contribution in [2.24, 2.45) is 5.16 Å². The molecule has 5 heteroatoms. The Morgan fingerprint density at radius 2 is 2.11 bits per heavy atom. The van der Waals surface area contributed by atoms with Crippen molar-refractivity contribution in [1.82, 2.24) is 0 Å². The number of rotatable bonds is 4. The number of fused-ring (bicyclic) bond motifs is 1. The van der Waals surface area contributed by atoms with Gasteiger partial charge in [-0.15, -0.1) is 0 Å². The van der Waals surface area contributed by atoms with Gasteiger partial charge in [0.2, 0.25) is 0 Å². The molecule has 0 radical (unpaired) electrons. The molecular weight excluding hydrogens is 244 g/mol. The van der Waals surface area contributed by atoms with Crippen molar-refractivity contribution in [3.8, 4) is 0 Å². The van der Waals surface area contributed by atoms with Crippen molar-refractivity contribution in [3.63, 3.8) is 0 Å². The van der Waals surface area contributed by atoms with Gasteiger partial charge in [-0.25, -0.2) is 0 Å². The van der Waals surface area contributed by atoms with Crippen LogP contribution in [0.25, 0.3) is 0 Å². The first-order chi connectivity index (χ1) is 9.04. The normalized spacial score (nSPS) is 22.8. The van der Waals surface area contributed by atoms with Gasteiger partial charge in [0.25, 0.3) is 5.91 Å². The number of carbonyl (C=O) groups excluding carboxylic acids is 1. The third-order valence-corrected chi connectivity index (χ3v) is 3.37. The lowest BCUT2D eigenvalue weighted by molar-refractivity contribution is -0.135. The molecule has 0 unspecified atom stereocenters. The Kier molecular flexibility index (Phi) is 3.57. The van der Waals surface area contributed by atoms with Crippen LogP contribution in [0.2, 0.25) is 0 Å². The molecule has 102 valence electrons. The third kappa shape index (κ3) is 2.10. The Morgan fingerprint density at radius 3 is 2.74 bits per heavy atom. The molecule has 2 N–H and O–H groups in total. The van der Waals surface area contributed by atoms with E-state index in [1.807, 2.05) is 19.1 Å². The van der Waals surface area contributed by atoms with E-state index in [4.69, 9.17) is 5.21 Å². The van der Waals surface area contributed by atoms with E-state index in [0.29, 0.717) is 17.8 Å². The summed E-state index contributed by atoms with van der Waals surface area (Å²) in [4.78, 5) is 14.1. The molecule has 0 fully saturated rings. The summed E-state index contributed by atoms with van der Waals surface area (Å²) in [7, 11) is 0. The first-order valence-corrected chi connectivity index (χ1v) is 6.36. The van der Waals surface area contributed by atoms with Crippen molar-refractivity contribution in [3.05, 3.63) is 29.8 Å². The number of amides is 1. The number of oxime groups is 1. The van der Waals surface area contributed by atoms with Crippen LogP contribution in [0.1, 0.15) is 32.3 Å². The first kappa shape index (κ1) is 13.5. The Hall–Kier alpha value is -1.88. The minimum absolute atomic E-state index is 0.000436. The maximum absolute atomic E-state index is 12.5. The zero-order valence-corrected chi connectivity index (χ0v) is 11.1. The van der Waals surface area contributed by atoms with Crippen molar-refractivity contribution >= 4 is 17.3 Å². The highest BCUT2D eigenvalue weighted by Crippen LogP contribution is 2.42. The summed E-state index contributed by atoms with van der Waals surface area (Å²) >= 11 is 0. The van der Waals surface area contributed by atoms with Crippen LogP contribution in [0.5, 0.6) is 0 Å². The smallest absolute Gasteiger partial charge is 0.264 e. The third-order valence-electron chi connectivity index (χ3n) is 3.37. The fourth-order valence-corrected chi connectivity index (χ4v) is 2.53. The molecule has 0 aliphatic carbocycles. The Morgan fingerprint density at radius 1 is 1.42 bits per heavy atom. The van der Waals surface area contributed by atoms with Gasteiger partial charge in [0.1, 0.15) is 0 Å². The number of aliphatic hydroxyl groups is 1. The van der Waals surface area contributed by atoms with Gasteiger partial charge < -0.3 is 15.2 Å². The summed E-state index contributed by atoms with van der Waals surface area (Å²) in [6.07, 6.45) is 0.808. The number of hydrogen-bond acceptors (Lipinski definition) is 4. The molecule has 1 aromatic rings. The lowest BCUT2D eigenvalue weighted by Crippen LogP contribution is -2.41. The molecule has 1 aromatic carbocycles. The quantitative estimate of drug-likeness (QED) is 0.494. The molecule has 5 nitrogen and oxygen atoms in total. The highest BCUT2D eigenvalue weighted by Gasteiger charge is 2.49. The molecule has 1 amide bonds. The summed E-state index contributed by atoms with van der Waals surface area (Å²) in [5.74, 6) is -0.349. The second kappa shape index (κ2) is 5.01.